The molecule has 1 aromatic heterocycles. The largest absolute Gasteiger partial charge is 0.299 e. The van der Waals surface area contributed by atoms with E-state index >= 15 is 0 Å². The molecule has 0 aliphatic rings. The second-order valence-electron chi connectivity index (χ2n) is 4.86. The highest BCUT2D eigenvalue weighted by Gasteiger charge is 2.15. The van der Waals surface area contributed by atoms with E-state index in [1.165, 1.54) is 5.56 Å². The van der Waals surface area contributed by atoms with Crippen LogP contribution in [-0.2, 0) is 24.2 Å². The average Bonchev–Trinajstić information content (AvgIpc) is 2.74. The van der Waals surface area contributed by atoms with Gasteiger partial charge in [0.15, 0.2) is 0 Å². The highest BCUT2D eigenvalue weighted by molar-refractivity contribution is 9.10. The number of aromatic nitrogens is 2. The van der Waals surface area contributed by atoms with Crippen molar-refractivity contribution >= 4 is 21.7 Å². The summed E-state index contributed by atoms with van der Waals surface area (Å²) in [6.45, 7) is 4.78. The van der Waals surface area contributed by atoms with Crippen LogP contribution < -0.4 is 0 Å². The number of rotatable bonds is 6. The first-order valence-corrected chi connectivity index (χ1v) is 7.68. The molecular weight excluding hydrogens is 316 g/mol. The first kappa shape index (κ1) is 15.0. The predicted octanol–water partition coefficient (Wildman–Crippen LogP) is 3.72. The van der Waals surface area contributed by atoms with E-state index in [1.807, 2.05) is 36.7 Å². The second-order valence-corrected chi connectivity index (χ2v) is 5.66. The summed E-state index contributed by atoms with van der Waals surface area (Å²) in [6.07, 6.45) is 1.82. The van der Waals surface area contributed by atoms with Gasteiger partial charge in [-0.25, -0.2) is 0 Å². The lowest BCUT2D eigenvalue weighted by atomic mass is 10.1. The van der Waals surface area contributed by atoms with Crippen molar-refractivity contribution in [2.24, 2.45) is 0 Å². The Morgan fingerprint density at radius 1 is 1.30 bits per heavy atom. The number of benzene rings is 1. The van der Waals surface area contributed by atoms with E-state index in [1.54, 1.807) is 0 Å². The highest BCUT2D eigenvalue weighted by Crippen LogP contribution is 2.22. The molecule has 3 nitrogen and oxygen atoms in total. The van der Waals surface area contributed by atoms with Crippen LogP contribution in [-0.4, -0.2) is 15.6 Å². The number of hydrogen-bond donors (Lipinski definition) is 0. The molecule has 0 spiro atoms. The van der Waals surface area contributed by atoms with E-state index in [-0.39, 0.29) is 5.78 Å². The summed E-state index contributed by atoms with van der Waals surface area (Å²) < 4.78 is 2.87. The zero-order valence-electron chi connectivity index (χ0n) is 11.9. The van der Waals surface area contributed by atoms with Gasteiger partial charge in [0.2, 0.25) is 0 Å². The van der Waals surface area contributed by atoms with E-state index in [0.29, 0.717) is 12.8 Å². The van der Waals surface area contributed by atoms with Gasteiger partial charge in [0.1, 0.15) is 5.78 Å². The number of aryl methyl sites for hydroxylation is 3. The fraction of sp³-hybridized carbons (Fsp3) is 0.375. The molecule has 0 bridgehead atoms. The summed E-state index contributed by atoms with van der Waals surface area (Å²) in [7, 11) is 0. The molecule has 106 valence electrons. The van der Waals surface area contributed by atoms with Crippen LogP contribution in [0.15, 0.2) is 34.8 Å². The van der Waals surface area contributed by atoms with Gasteiger partial charge in [0.05, 0.1) is 15.9 Å². The Labute approximate surface area is 128 Å². The second kappa shape index (κ2) is 6.84. The lowest BCUT2D eigenvalue weighted by molar-refractivity contribution is -0.118. The molecule has 0 fully saturated rings. The molecule has 0 aliphatic heterocycles. The molecule has 2 aromatic rings. The fourth-order valence-electron chi connectivity index (χ4n) is 2.24. The van der Waals surface area contributed by atoms with E-state index < -0.39 is 0 Å². The standard InChI is InChI=1S/C16H19BrN2O/c1-3-19-15(16(17)12(2)18-19)11-14(20)10-9-13-7-5-4-6-8-13/h4-8H,3,9-11H2,1-2H3. The number of carbonyl (C=O) groups is 1. The van der Waals surface area contributed by atoms with Crippen molar-refractivity contribution in [1.29, 1.82) is 0 Å². The maximum atomic E-state index is 12.2. The van der Waals surface area contributed by atoms with Gasteiger partial charge in [-0.05, 0) is 41.8 Å². The minimum atomic E-state index is 0.254. The van der Waals surface area contributed by atoms with Crippen LogP contribution in [0.5, 0.6) is 0 Å². The molecule has 0 saturated heterocycles. The summed E-state index contributed by atoms with van der Waals surface area (Å²) >= 11 is 3.53. The molecule has 20 heavy (non-hydrogen) atoms. The molecule has 0 atom stereocenters. The van der Waals surface area contributed by atoms with E-state index in [0.717, 1.165) is 28.8 Å². The number of nitrogens with zero attached hydrogens (tertiary/aromatic N) is 2. The Bertz CT molecular complexity index is 590. The zero-order valence-corrected chi connectivity index (χ0v) is 13.5. The average molecular weight is 335 g/mol. The summed E-state index contributed by atoms with van der Waals surface area (Å²) in [5.41, 5.74) is 3.14. The number of Topliss-reactive ketones (excluding diaryl/α,β-unsaturated/α-hetero) is 1. The number of hydrogen-bond acceptors (Lipinski definition) is 2. The summed E-state index contributed by atoms with van der Waals surface area (Å²) in [5.74, 6) is 0.254. The lowest BCUT2D eigenvalue weighted by Gasteiger charge is -2.05. The van der Waals surface area contributed by atoms with Crippen molar-refractivity contribution in [3.63, 3.8) is 0 Å². The highest BCUT2D eigenvalue weighted by atomic mass is 79.9. The predicted molar refractivity (Wildman–Crippen MR) is 83.8 cm³/mol. The van der Waals surface area contributed by atoms with Crippen LogP contribution in [0.25, 0.3) is 0 Å². The molecular formula is C16H19BrN2O. The van der Waals surface area contributed by atoms with Gasteiger partial charge in [-0.1, -0.05) is 30.3 Å². The van der Waals surface area contributed by atoms with Crippen LogP contribution in [0.2, 0.25) is 0 Å². The first-order valence-electron chi connectivity index (χ1n) is 6.89. The lowest BCUT2D eigenvalue weighted by Crippen LogP contribution is -2.10. The van der Waals surface area contributed by atoms with Crippen LogP contribution in [0.3, 0.4) is 0 Å². The quantitative estimate of drug-likeness (QED) is 0.806. The van der Waals surface area contributed by atoms with E-state index in [2.05, 4.69) is 33.2 Å². The Balaban J connectivity index is 1.98. The third-order valence-electron chi connectivity index (χ3n) is 3.35. The Hall–Kier alpha value is -1.42. The maximum absolute atomic E-state index is 12.2. The molecule has 4 heteroatoms. The number of halogens is 1. The minimum absolute atomic E-state index is 0.254. The van der Waals surface area contributed by atoms with Gasteiger partial charge in [0, 0.05) is 19.4 Å². The van der Waals surface area contributed by atoms with Gasteiger partial charge < -0.3 is 0 Å². The van der Waals surface area contributed by atoms with Gasteiger partial charge >= 0.3 is 0 Å². The molecule has 0 unspecified atom stereocenters. The molecule has 0 N–H and O–H groups in total. The van der Waals surface area contributed by atoms with Crippen molar-refractivity contribution in [3.05, 3.63) is 51.8 Å². The molecule has 0 saturated carbocycles. The summed E-state index contributed by atoms with van der Waals surface area (Å²) in [5, 5.41) is 4.42. The van der Waals surface area contributed by atoms with Crippen molar-refractivity contribution in [3.8, 4) is 0 Å². The molecule has 2 rings (SSSR count). The minimum Gasteiger partial charge on any atom is -0.299 e. The van der Waals surface area contributed by atoms with E-state index in [9.17, 15) is 4.79 Å². The summed E-state index contributed by atoms with van der Waals surface area (Å²) in [4.78, 5) is 12.2. The van der Waals surface area contributed by atoms with Crippen molar-refractivity contribution in [2.75, 3.05) is 0 Å². The van der Waals surface area contributed by atoms with Crippen LogP contribution in [0.1, 0.15) is 30.3 Å². The molecule has 1 heterocycles. The molecule has 0 radical (unpaired) electrons. The van der Waals surface area contributed by atoms with Gasteiger partial charge in [-0.15, -0.1) is 0 Å². The van der Waals surface area contributed by atoms with Crippen molar-refractivity contribution in [2.45, 2.75) is 39.7 Å². The smallest absolute Gasteiger partial charge is 0.139 e. The third-order valence-corrected chi connectivity index (χ3v) is 4.38. The normalized spacial score (nSPS) is 10.8. The third kappa shape index (κ3) is 3.57. The van der Waals surface area contributed by atoms with Gasteiger partial charge in [0.25, 0.3) is 0 Å². The molecule has 0 aliphatic carbocycles. The van der Waals surface area contributed by atoms with Crippen LogP contribution >= 0.6 is 15.9 Å². The molecule has 0 amide bonds. The molecule has 1 aromatic carbocycles. The number of carbonyl (C=O) groups excluding carboxylic acids is 1. The topological polar surface area (TPSA) is 34.9 Å². The van der Waals surface area contributed by atoms with Crippen LogP contribution in [0, 0.1) is 6.92 Å². The maximum Gasteiger partial charge on any atom is 0.139 e. The summed E-state index contributed by atoms with van der Waals surface area (Å²) in [6, 6.07) is 10.1. The first-order chi connectivity index (χ1) is 9.61. The fourth-order valence-corrected chi connectivity index (χ4v) is 2.67. The van der Waals surface area contributed by atoms with Crippen molar-refractivity contribution in [1.82, 2.24) is 9.78 Å². The van der Waals surface area contributed by atoms with Gasteiger partial charge in [-0.3, -0.25) is 9.48 Å². The van der Waals surface area contributed by atoms with E-state index in [4.69, 9.17) is 0 Å². The van der Waals surface area contributed by atoms with Crippen LogP contribution in [0.4, 0.5) is 0 Å². The van der Waals surface area contributed by atoms with Gasteiger partial charge in [-0.2, -0.15) is 5.10 Å². The zero-order chi connectivity index (χ0) is 14.5. The Morgan fingerprint density at radius 2 is 2.00 bits per heavy atom. The van der Waals surface area contributed by atoms with Crippen molar-refractivity contribution < 1.29 is 4.79 Å². The Kier molecular flexibility index (Phi) is 5.12. The number of ketones is 1. The Morgan fingerprint density at radius 3 is 2.65 bits per heavy atom. The monoisotopic (exact) mass is 334 g/mol. The SMILES string of the molecule is CCn1nc(C)c(Br)c1CC(=O)CCc1ccccc1.